The molecule has 1 aromatic heterocycles. The number of aromatic nitrogens is 1. The molecule has 2 aromatic rings. The number of β-lactam (4-membered cyclic amide) rings is 1. The number of amides is 1. The SMILES string of the molecule is C[C@@H](O)[C@H]1C(=O)N2C(C(=O)OCc3ccc([N+](=O)[O-])cc3)=C(SC3CN=C(c4ccccn4)NC3)[C@H](C)[C@H]12. The molecule has 1 fully saturated rings. The Balaban J connectivity index is 1.35. The number of ether oxygens (including phenoxy) is 1. The number of nitro groups is 1. The van der Waals surface area contributed by atoms with Crippen LogP contribution in [0, 0.1) is 22.0 Å². The summed E-state index contributed by atoms with van der Waals surface area (Å²) in [6, 6.07) is 11.0. The van der Waals surface area contributed by atoms with Gasteiger partial charge in [-0.2, -0.15) is 0 Å². The van der Waals surface area contributed by atoms with Crippen LogP contribution in [0.15, 0.2) is 64.3 Å². The van der Waals surface area contributed by atoms with E-state index in [0.29, 0.717) is 24.5 Å². The van der Waals surface area contributed by atoms with Crippen molar-refractivity contribution in [3.8, 4) is 0 Å². The van der Waals surface area contributed by atoms with E-state index in [1.165, 1.54) is 40.9 Å². The van der Waals surface area contributed by atoms with Gasteiger partial charge in [0.2, 0.25) is 5.91 Å². The number of thioether (sulfide) groups is 1. The van der Waals surface area contributed by atoms with E-state index in [2.05, 4.69) is 15.3 Å². The van der Waals surface area contributed by atoms with Crippen LogP contribution in [0.25, 0.3) is 0 Å². The maximum Gasteiger partial charge on any atom is 0.356 e. The minimum Gasteiger partial charge on any atom is -0.456 e. The molecule has 4 heterocycles. The Morgan fingerprint density at radius 1 is 1.32 bits per heavy atom. The Morgan fingerprint density at radius 2 is 2.08 bits per heavy atom. The lowest BCUT2D eigenvalue weighted by atomic mass is 9.79. The van der Waals surface area contributed by atoms with Crippen molar-refractivity contribution >= 4 is 35.2 Å². The van der Waals surface area contributed by atoms with Gasteiger partial charge in [0.15, 0.2) is 0 Å². The van der Waals surface area contributed by atoms with Crippen LogP contribution in [-0.4, -0.2) is 68.1 Å². The Hall–Kier alpha value is -3.77. The minimum absolute atomic E-state index is 0.0104. The molecule has 1 aromatic carbocycles. The average molecular weight is 538 g/mol. The van der Waals surface area contributed by atoms with Crippen LogP contribution >= 0.6 is 11.8 Å². The molecule has 1 saturated heterocycles. The summed E-state index contributed by atoms with van der Waals surface area (Å²) >= 11 is 1.50. The molecule has 0 bridgehead atoms. The van der Waals surface area contributed by atoms with E-state index >= 15 is 0 Å². The number of fused-ring (bicyclic) bond motifs is 1. The van der Waals surface area contributed by atoms with Crippen molar-refractivity contribution in [1.29, 1.82) is 0 Å². The number of aliphatic imine (C=N–C) groups is 1. The number of aliphatic hydroxyl groups is 1. The largest absolute Gasteiger partial charge is 0.456 e. The van der Waals surface area contributed by atoms with E-state index in [1.54, 1.807) is 13.1 Å². The van der Waals surface area contributed by atoms with Crippen LogP contribution < -0.4 is 5.32 Å². The number of hydrogen-bond donors (Lipinski definition) is 2. The fourth-order valence-electron chi connectivity index (χ4n) is 5.06. The lowest BCUT2D eigenvalue weighted by Crippen LogP contribution is -2.63. The van der Waals surface area contributed by atoms with Gasteiger partial charge in [0.1, 0.15) is 23.8 Å². The van der Waals surface area contributed by atoms with Crippen molar-refractivity contribution < 1.29 is 24.4 Å². The van der Waals surface area contributed by atoms with Crippen LogP contribution in [0.3, 0.4) is 0 Å². The third kappa shape index (κ3) is 4.76. The number of non-ortho nitro benzene ring substituents is 1. The van der Waals surface area contributed by atoms with Gasteiger partial charge in [-0.15, -0.1) is 11.8 Å². The minimum atomic E-state index is -0.838. The first-order valence-electron chi connectivity index (χ1n) is 12.3. The maximum absolute atomic E-state index is 13.3. The number of nitro benzene ring substituents is 1. The molecular formula is C26H27N5O6S. The average Bonchev–Trinajstić information content (AvgIpc) is 3.16. The zero-order valence-electron chi connectivity index (χ0n) is 20.8. The quantitative estimate of drug-likeness (QED) is 0.224. The molecule has 0 saturated carbocycles. The van der Waals surface area contributed by atoms with Crippen LogP contribution in [0.1, 0.15) is 25.1 Å². The highest BCUT2D eigenvalue weighted by atomic mass is 32.2. The lowest BCUT2D eigenvalue weighted by molar-refractivity contribution is -0.384. The van der Waals surface area contributed by atoms with Gasteiger partial charge in [-0.25, -0.2) is 4.79 Å². The summed E-state index contributed by atoms with van der Waals surface area (Å²) in [4.78, 5) is 47.9. The van der Waals surface area contributed by atoms with Gasteiger partial charge in [0, 0.05) is 40.9 Å². The first-order chi connectivity index (χ1) is 18.3. The zero-order chi connectivity index (χ0) is 27.0. The molecule has 0 aliphatic carbocycles. The second-order valence-corrected chi connectivity index (χ2v) is 10.8. The number of esters is 1. The molecular weight excluding hydrogens is 510 g/mol. The van der Waals surface area contributed by atoms with Gasteiger partial charge in [0.25, 0.3) is 5.69 Å². The molecule has 2 N–H and O–H groups in total. The monoisotopic (exact) mass is 537 g/mol. The molecule has 3 aliphatic rings. The molecule has 198 valence electrons. The number of pyridine rings is 1. The number of amidine groups is 1. The normalized spacial score (nSPS) is 25.2. The number of benzene rings is 1. The fraction of sp³-hybridized carbons (Fsp3) is 0.385. The van der Waals surface area contributed by atoms with Gasteiger partial charge < -0.3 is 20.1 Å². The number of carbonyl (C=O) groups is 2. The van der Waals surface area contributed by atoms with Crippen LogP contribution in [0.2, 0.25) is 0 Å². The van der Waals surface area contributed by atoms with Crippen molar-refractivity contribution in [3.05, 3.63) is 80.6 Å². The standard InChI is InChI=1S/C26H27N5O6S/c1-14-21-20(15(2)32)25(33)30(21)22(26(34)37-13-16-6-8-17(9-7-16)31(35)36)23(14)38-18-11-28-24(29-12-18)19-5-3-4-10-27-19/h3-10,14-15,18,20-21,32H,11-13H2,1-2H3,(H,28,29)/t14-,15-,20-,21-/m1/s1. The highest BCUT2D eigenvalue weighted by molar-refractivity contribution is 8.03. The summed E-state index contributed by atoms with van der Waals surface area (Å²) in [6.45, 7) is 4.55. The molecule has 5 atom stereocenters. The van der Waals surface area contributed by atoms with Crippen molar-refractivity contribution in [2.45, 2.75) is 37.9 Å². The molecule has 12 heteroatoms. The predicted molar refractivity (Wildman–Crippen MR) is 140 cm³/mol. The smallest absolute Gasteiger partial charge is 0.356 e. The number of hydrogen-bond acceptors (Lipinski definition) is 10. The molecule has 1 unspecified atom stereocenters. The number of aliphatic hydroxyl groups excluding tert-OH is 1. The van der Waals surface area contributed by atoms with E-state index < -0.39 is 22.9 Å². The topological polar surface area (TPSA) is 147 Å². The van der Waals surface area contributed by atoms with E-state index in [1.807, 2.05) is 25.1 Å². The van der Waals surface area contributed by atoms with Gasteiger partial charge in [-0.3, -0.25) is 24.9 Å². The summed E-state index contributed by atoms with van der Waals surface area (Å²) in [6.07, 6.45) is 0.870. The van der Waals surface area contributed by atoms with E-state index in [-0.39, 0.29) is 41.1 Å². The molecule has 1 amide bonds. The highest BCUT2D eigenvalue weighted by Crippen LogP contribution is 2.51. The summed E-state index contributed by atoms with van der Waals surface area (Å²) < 4.78 is 5.56. The number of carbonyl (C=O) groups excluding carboxylic acids is 2. The van der Waals surface area contributed by atoms with Crippen LogP contribution in [0.5, 0.6) is 0 Å². The van der Waals surface area contributed by atoms with E-state index in [9.17, 15) is 24.8 Å². The second kappa shape index (κ2) is 10.5. The first-order valence-corrected chi connectivity index (χ1v) is 13.2. The van der Waals surface area contributed by atoms with Gasteiger partial charge >= 0.3 is 5.97 Å². The van der Waals surface area contributed by atoms with Crippen LogP contribution in [-0.2, 0) is 20.9 Å². The van der Waals surface area contributed by atoms with Gasteiger partial charge in [-0.1, -0.05) is 13.0 Å². The molecule has 5 rings (SSSR count). The predicted octanol–water partition coefficient (Wildman–Crippen LogP) is 2.25. The Labute approximate surface area is 223 Å². The Kier molecular flexibility index (Phi) is 7.17. The second-order valence-electron chi connectivity index (χ2n) is 9.49. The van der Waals surface area contributed by atoms with Crippen molar-refractivity contribution in [2.75, 3.05) is 13.1 Å². The zero-order valence-corrected chi connectivity index (χ0v) is 21.6. The molecule has 11 nitrogen and oxygen atoms in total. The summed E-state index contributed by atoms with van der Waals surface area (Å²) in [5.41, 5.74) is 1.50. The highest BCUT2D eigenvalue weighted by Gasteiger charge is 2.60. The third-order valence-electron chi connectivity index (χ3n) is 6.97. The molecule has 0 radical (unpaired) electrons. The van der Waals surface area contributed by atoms with Gasteiger partial charge in [0.05, 0.1) is 29.5 Å². The van der Waals surface area contributed by atoms with Crippen molar-refractivity contribution in [1.82, 2.24) is 15.2 Å². The maximum atomic E-state index is 13.3. The molecule has 38 heavy (non-hydrogen) atoms. The molecule has 3 aliphatic heterocycles. The molecule has 0 spiro atoms. The van der Waals surface area contributed by atoms with Crippen molar-refractivity contribution in [2.24, 2.45) is 16.8 Å². The lowest BCUT2D eigenvalue weighted by Gasteiger charge is -2.46. The summed E-state index contributed by atoms with van der Waals surface area (Å²) in [5.74, 6) is -0.975. The van der Waals surface area contributed by atoms with E-state index in [4.69, 9.17) is 4.74 Å². The summed E-state index contributed by atoms with van der Waals surface area (Å²) in [5, 5.41) is 24.4. The number of nitrogens with one attached hydrogen (secondary N) is 1. The number of rotatable bonds is 8. The van der Waals surface area contributed by atoms with Crippen LogP contribution in [0.4, 0.5) is 5.69 Å². The van der Waals surface area contributed by atoms with Gasteiger partial charge in [-0.05, 0) is 36.8 Å². The first kappa shape index (κ1) is 25.9. The van der Waals surface area contributed by atoms with E-state index in [0.717, 1.165) is 10.6 Å². The van der Waals surface area contributed by atoms with Crippen molar-refractivity contribution in [3.63, 3.8) is 0 Å². The number of nitrogens with zero attached hydrogens (tertiary/aromatic N) is 4. The Morgan fingerprint density at radius 3 is 2.68 bits per heavy atom. The Bertz CT molecular complexity index is 1310. The fourth-order valence-corrected chi connectivity index (χ4v) is 6.38. The summed E-state index contributed by atoms with van der Waals surface area (Å²) in [7, 11) is 0. The third-order valence-corrected chi connectivity index (χ3v) is 8.44.